The van der Waals surface area contributed by atoms with Crippen LogP contribution in [-0.4, -0.2) is 25.2 Å². The van der Waals surface area contributed by atoms with E-state index in [4.69, 9.17) is 5.11 Å². The first-order valence-corrected chi connectivity index (χ1v) is 8.97. The highest BCUT2D eigenvalue weighted by atomic mass is 32.2. The van der Waals surface area contributed by atoms with Crippen molar-refractivity contribution >= 4 is 21.7 Å². The molecule has 0 aliphatic carbocycles. The summed E-state index contributed by atoms with van der Waals surface area (Å²) in [5, 5.41) is 9.17. The molecule has 2 rings (SSSR count). The Morgan fingerprint density at radius 1 is 1.04 bits per heavy atom. The number of rotatable bonds is 7. The van der Waals surface area contributed by atoms with Crippen molar-refractivity contribution in [2.24, 2.45) is 0 Å². The molecule has 23 heavy (non-hydrogen) atoms. The molecule has 2 aromatic carbocycles. The second-order valence-corrected chi connectivity index (χ2v) is 7.18. The molecule has 0 aliphatic rings. The molecule has 0 saturated carbocycles. The van der Waals surface area contributed by atoms with Gasteiger partial charge in [-0.2, -0.15) is 0 Å². The Bertz CT molecular complexity index is 782. The van der Waals surface area contributed by atoms with Crippen LogP contribution >= 0.6 is 0 Å². The number of carboxylic acid groups (broad SMARTS) is 1. The van der Waals surface area contributed by atoms with Crippen molar-refractivity contribution in [3.63, 3.8) is 0 Å². The normalized spacial score (nSPS) is 11.2. The quantitative estimate of drug-likeness (QED) is 0.816. The van der Waals surface area contributed by atoms with Gasteiger partial charge in [0, 0.05) is 5.69 Å². The molecule has 0 fully saturated rings. The number of carboxylic acids is 1. The van der Waals surface area contributed by atoms with Gasteiger partial charge in [0.05, 0.1) is 11.3 Å². The fraction of sp³-hybridized carbons (Fsp3) is 0.235. The van der Waals surface area contributed by atoms with Gasteiger partial charge < -0.3 is 5.11 Å². The van der Waals surface area contributed by atoms with E-state index in [0.717, 1.165) is 11.1 Å². The number of benzene rings is 2. The number of aromatic carboxylic acids is 1. The summed E-state index contributed by atoms with van der Waals surface area (Å²) < 4.78 is 25.5. The van der Waals surface area contributed by atoms with Crippen molar-refractivity contribution in [2.45, 2.75) is 19.8 Å². The number of sulfonamides is 1. The zero-order valence-corrected chi connectivity index (χ0v) is 13.6. The van der Waals surface area contributed by atoms with E-state index in [1.807, 2.05) is 24.3 Å². The van der Waals surface area contributed by atoms with Crippen LogP contribution in [0.25, 0.3) is 0 Å². The predicted molar refractivity (Wildman–Crippen MR) is 90.3 cm³/mol. The van der Waals surface area contributed by atoms with Crippen molar-refractivity contribution in [3.05, 3.63) is 65.2 Å². The molecule has 0 heterocycles. The highest BCUT2D eigenvalue weighted by Gasteiger charge is 2.09. The van der Waals surface area contributed by atoms with Gasteiger partial charge >= 0.3 is 5.97 Å². The Hall–Kier alpha value is -2.34. The molecule has 0 bridgehead atoms. The van der Waals surface area contributed by atoms with Crippen LogP contribution in [0.2, 0.25) is 0 Å². The Balaban J connectivity index is 2.04. The van der Waals surface area contributed by atoms with E-state index in [-0.39, 0.29) is 5.75 Å². The van der Waals surface area contributed by atoms with Gasteiger partial charge in [-0.3, -0.25) is 4.72 Å². The van der Waals surface area contributed by atoms with Crippen molar-refractivity contribution < 1.29 is 18.3 Å². The standard InChI is InChI=1S/C17H19NO4S/c1-2-23(21,22)18-15-11-8-13(9-12-15)7-10-14-5-3-4-6-16(14)17(19)20/h3-6,8-9,11-12,18H,2,7,10H2,1H3,(H,19,20). The number of nitrogens with one attached hydrogen (secondary N) is 1. The number of carbonyl (C=O) groups is 1. The third-order valence-electron chi connectivity index (χ3n) is 3.54. The van der Waals surface area contributed by atoms with Gasteiger partial charge in [0.2, 0.25) is 10.0 Å². The lowest BCUT2D eigenvalue weighted by Crippen LogP contribution is -2.14. The summed E-state index contributed by atoms with van der Waals surface area (Å²) in [4.78, 5) is 11.2. The maximum atomic E-state index is 11.5. The third-order valence-corrected chi connectivity index (χ3v) is 4.84. The molecule has 5 nitrogen and oxygen atoms in total. The van der Waals surface area contributed by atoms with Crippen LogP contribution in [0.1, 0.15) is 28.4 Å². The Morgan fingerprint density at radius 3 is 2.30 bits per heavy atom. The van der Waals surface area contributed by atoms with E-state index in [0.29, 0.717) is 24.1 Å². The van der Waals surface area contributed by atoms with Gasteiger partial charge in [0.1, 0.15) is 0 Å². The third kappa shape index (κ3) is 4.82. The zero-order chi connectivity index (χ0) is 16.9. The van der Waals surface area contributed by atoms with E-state index in [1.54, 1.807) is 31.2 Å². The summed E-state index contributed by atoms with van der Waals surface area (Å²) in [6.07, 6.45) is 1.30. The largest absolute Gasteiger partial charge is 0.478 e. The summed E-state index contributed by atoms with van der Waals surface area (Å²) in [5.74, 6) is -0.898. The Morgan fingerprint density at radius 2 is 1.70 bits per heavy atom. The lowest BCUT2D eigenvalue weighted by molar-refractivity contribution is 0.0695. The number of hydrogen-bond donors (Lipinski definition) is 2. The van der Waals surface area contributed by atoms with Crippen LogP contribution in [0.5, 0.6) is 0 Å². The molecule has 2 aromatic rings. The second kappa shape index (κ2) is 7.28. The first kappa shape index (κ1) is 17.0. The van der Waals surface area contributed by atoms with Gasteiger partial charge in [-0.1, -0.05) is 30.3 Å². The van der Waals surface area contributed by atoms with Crippen molar-refractivity contribution in [2.75, 3.05) is 10.5 Å². The van der Waals surface area contributed by atoms with Crippen LogP contribution in [0.3, 0.4) is 0 Å². The van der Waals surface area contributed by atoms with Crippen LogP contribution in [0, 0.1) is 0 Å². The minimum atomic E-state index is -3.27. The molecule has 0 saturated heterocycles. The van der Waals surface area contributed by atoms with Gasteiger partial charge in [-0.05, 0) is 49.1 Å². The molecule has 0 spiro atoms. The first-order chi connectivity index (χ1) is 10.9. The van der Waals surface area contributed by atoms with E-state index in [9.17, 15) is 13.2 Å². The SMILES string of the molecule is CCS(=O)(=O)Nc1ccc(CCc2ccccc2C(=O)O)cc1. The van der Waals surface area contributed by atoms with E-state index >= 15 is 0 Å². The molecule has 0 radical (unpaired) electrons. The number of hydrogen-bond acceptors (Lipinski definition) is 3. The lowest BCUT2D eigenvalue weighted by atomic mass is 10.00. The minimum absolute atomic E-state index is 0.0285. The average molecular weight is 333 g/mol. The van der Waals surface area contributed by atoms with Crippen molar-refractivity contribution in [3.8, 4) is 0 Å². The lowest BCUT2D eigenvalue weighted by Gasteiger charge is -2.08. The molecule has 0 aromatic heterocycles. The highest BCUT2D eigenvalue weighted by molar-refractivity contribution is 7.92. The van der Waals surface area contributed by atoms with Crippen molar-refractivity contribution in [1.29, 1.82) is 0 Å². The molecule has 2 N–H and O–H groups in total. The molecule has 0 unspecified atom stereocenters. The predicted octanol–water partition coefficient (Wildman–Crippen LogP) is 2.93. The maximum Gasteiger partial charge on any atom is 0.335 e. The first-order valence-electron chi connectivity index (χ1n) is 7.32. The smallest absolute Gasteiger partial charge is 0.335 e. The number of aryl methyl sites for hydroxylation is 2. The summed E-state index contributed by atoms with van der Waals surface area (Å²) in [6, 6.07) is 14.1. The summed E-state index contributed by atoms with van der Waals surface area (Å²) in [5.41, 5.74) is 2.65. The van der Waals surface area contributed by atoms with E-state index in [1.165, 1.54) is 0 Å². The Kier molecular flexibility index (Phi) is 5.39. The maximum absolute atomic E-state index is 11.5. The van der Waals surface area contributed by atoms with Crippen LogP contribution in [0.15, 0.2) is 48.5 Å². The molecule has 0 amide bonds. The summed E-state index contributed by atoms with van der Waals surface area (Å²) in [6.45, 7) is 1.58. The van der Waals surface area contributed by atoms with E-state index in [2.05, 4.69) is 4.72 Å². The van der Waals surface area contributed by atoms with Crippen LogP contribution in [0.4, 0.5) is 5.69 Å². The molecule has 0 aliphatic heterocycles. The van der Waals surface area contributed by atoms with Gasteiger partial charge in [0.25, 0.3) is 0 Å². The summed E-state index contributed by atoms with van der Waals surface area (Å²) >= 11 is 0. The monoisotopic (exact) mass is 333 g/mol. The van der Waals surface area contributed by atoms with E-state index < -0.39 is 16.0 Å². The minimum Gasteiger partial charge on any atom is -0.478 e. The van der Waals surface area contributed by atoms with Crippen LogP contribution in [-0.2, 0) is 22.9 Å². The topological polar surface area (TPSA) is 83.5 Å². The average Bonchev–Trinajstić information content (AvgIpc) is 2.54. The molecule has 122 valence electrons. The number of anilines is 1. The second-order valence-electron chi connectivity index (χ2n) is 5.16. The van der Waals surface area contributed by atoms with Crippen LogP contribution < -0.4 is 4.72 Å². The fourth-order valence-corrected chi connectivity index (χ4v) is 2.86. The van der Waals surface area contributed by atoms with Gasteiger partial charge in [0.15, 0.2) is 0 Å². The molecular formula is C17H19NO4S. The van der Waals surface area contributed by atoms with Gasteiger partial charge in [-0.15, -0.1) is 0 Å². The zero-order valence-electron chi connectivity index (χ0n) is 12.8. The summed E-state index contributed by atoms with van der Waals surface area (Å²) in [7, 11) is -3.27. The fourth-order valence-electron chi connectivity index (χ4n) is 2.22. The highest BCUT2D eigenvalue weighted by Crippen LogP contribution is 2.15. The Labute approximate surface area is 136 Å². The molecule has 0 atom stereocenters. The molecule has 6 heteroatoms. The van der Waals surface area contributed by atoms with Gasteiger partial charge in [-0.25, -0.2) is 13.2 Å². The molecular weight excluding hydrogens is 314 g/mol. The van der Waals surface area contributed by atoms with Crippen molar-refractivity contribution in [1.82, 2.24) is 0 Å².